The molecule has 1 unspecified atom stereocenters. The van der Waals surface area contributed by atoms with Crippen molar-refractivity contribution in [1.29, 1.82) is 0 Å². The van der Waals surface area contributed by atoms with Gasteiger partial charge in [0.25, 0.3) is 0 Å². The van der Waals surface area contributed by atoms with Crippen LogP contribution in [0.1, 0.15) is 25.7 Å². The molecule has 2 fully saturated rings. The Morgan fingerprint density at radius 1 is 1.35 bits per heavy atom. The van der Waals surface area contributed by atoms with Gasteiger partial charge in [-0.15, -0.1) is 0 Å². The van der Waals surface area contributed by atoms with Gasteiger partial charge in [-0.1, -0.05) is 0 Å². The highest BCUT2D eigenvalue weighted by Crippen LogP contribution is 2.36. The maximum atomic E-state index is 11.8. The molecule has 17 heavy (non-hydrogen) atoms. The Hall–Kier alpha value is -1.10. The topological polar surface area (TPSA) is 58.6 Å². The summed E-state index contributed by atoms with van der Waals surface area (Å²) in [6.07, 6.45) is 3.97. The van der Waals surface area contributed by atoms with Crippen LogP contribution in [0, 0.1) is 5.92 Å². The lowest BCUT2D eigenvalue weighted by atomic mass is 10.1. The third-order valence-electron chi connectivity index (χ3n) is 3.40. The summed E-state index contributed by atoms with van der Waals surface area (Å²) in [7, 11) is 1.67. The van der Waals surface area contributed by atoms with E-state index in [4.69, 9.17) is 4.74 Å². The predicted octanol–water partition coefficient (Wildman–Crippen LogP) is 0.150. The highest BCUT2D eigenvalue weighted by atomic mass is 16.5. The van der Waals surface area contributed by atoms with E-state index in [0.717, 1.165) is 25.7 Å². The van der Waals surface area contributed by atoms with Gasteiger partial charge in [0.15, 0.2) is 0 Å². The number of nitrogens with zero attached hydrogens (tertiary/aromatic N) is 1. The first kappa shape index (κ1) is 12.4. The second-order valence-electron chi connectivity index (χ2n) is 4.79. The number of hydrogen-bond donors (Lipinski definition) is 1. The van der Waals surface area contributed by atoms with Crippen molar-refractivity contribution in [3.05, 3.63) is 0 Å². The van der Waals surface area contributed by atoms with Gasteiger partial charge in [0.1, 0.15) is 6.04 Å². The Bertz CT molecular complexity index is 302. The van der Waals surface area contributed by atoms with Crippen LogP contribution in [0.3, 0.4) is 0 Å². The van der Waals surface area contributed by atoms with Crippen molar-refractivity contribution < 1.29 is 14.3 Å². The SMILES string of the molecule is COCCCCN1C(=O)CNC(=O)C1C1CC1. The molecule has 5 nitrogen and oxygen atoms in total. The number of nitrogens with one attached hydrogen (secondary N) is 1. The number of rotatable bonds is 6. The summed E-state index contributed by atoms with van der Waals surface area (Å²) in [4.78, 5) is 25.4. The Morgan fingerprint density at radius 3 is 2.76 bits per heavy atom. The second-order valence-corrected chi connectivity index (χ2v) is 4.79. The van der Waals surface area contributed by atoms with Gasteiger partial charge in [-0.05, 0) is 31.6 Å². The molecule has 1 aliphatic heterocycles. The molecule has 96 valence electrons. The van der Waals surface area contributed by atoms with Gasteiger partial charge < -0.3 is 15.0 Å². The van der Waals surface area contributed by atoms with E-state index in [9.17, 15) is 9.59 Å². The largest absolute Gasteiger partial charge is 0.385 e. The fourth-order valence-corrected chi connectivity index (χ4v) is 2.34. The van der Waals surface area contributed by atoms with Gasteiger partial charge in [0.2, 0.25) is 11.8 Å². The summed E-state index contributed by atoms with van der Waals surface area (Å²) in [5.41, 5.74) is 0. The summed E-state index contributed by atoms with van der Waals surface area (Å²) >= 11 is 0. The van der Waals surface area contributed by atoms with Gasteiger partial charge >= 0.3 is 0 Å². The van der Waals surface area contributed by atoms with Crippen molar-refractivity contribution in [2.24, 2.45) is 5.92 Å². The molecule has 2 aliphatic rings. The van der Waals surface area contributed by atoms with E-state index in [1.165, 1.54) is 0 Å². The Balaban J connectivity index is 1.89. The third-order valence-corrected chi connectivity index (χ3v) is 3.40. The second kappa shape index (κ2) is 5.49. The minimum Gasteiger partial charge on any atom is -0.385 e. The number of carbonyl (C=O) groups excluding carboxylic acids is 2. The first-order chi connectivity index (χ1) is 8.24. The van der Waals surface area contributed by atoms with Crippen LogP contribution in [0.15, 0.2) is 0 Å². The molecule has 0 bridgehead atoms. The fraction of sp³-hybridized carbons (Fsp3) is 0.833. The van der Waals surface area contributed by atoms with E-state index in [2.05, 4.69) is 5.32 Å². The number of unbranched alkanes of at least 4 members (excludes halogenated alkanes) is 1. The van der Waals surface area contributed by atoms with Gasteiger partial charge in [-0.2, -0.15) is 0 Å². The molecule has 1 aliphatic carbocycles. The molecule has 0 radical (unpaired) electrons. The van der Waals surface area contributed by atoms with Crippen molar-refractivity contribution in [3.63, 3.8) is 0 Å². The van der Waals surface area contributed by atoms with Crippen LogP contribution in [-0.4, -0.2) is 49.6 Å². The summed E-state index contributed by atoms with van der Waals surface area (Å²) in [5, 5.41) is 2.68. The Kier molecular flexibility index (Phi) is 3.99. The molecule has 0 spiro atoms. The standard InChI is InChI=1S/C12H20N2O3/c1-17-7-3-2-6-14-10(15)8-13-12(16)11(14)9-4-5-9/h9,11H,2-8H2,1H3,(H,13,16). The van der Waals surface area contributed by atoms with Crippen LogP contribution in [0.2, 0.25) is 0 Å². The molecule has 1 heterocycles. The van der Waals surface area contributed by atoms with Crippen molar-refractivity contribution in [2.45, 2.75) is 31.7 Å². The molecule has 0 aromatic rings. The van der Waals surface area contributed by atoms with Crippen LogP contribution in [0.25, 0.3) is 0 Å². The highest BCUT2D eigenvalue weighted by molar-refractivity contribution is 5.95. The summed E-state index contributed by atoms with van der Waals surface area (Å²) < 4.78 is 4.98. The molecule has 0 aromatic heterocycles. The predicted molar refractivity (Wildman–Crippen MR) is 62.3 cm³/mol. The molecule has 1 atom stereocenters. The van der Waals surface area contributed by atoms with Crippen molar-refractivity contribution in [2.75, 3.05) is 26.8 Å². The lowest BCUT2D eigenvalue weighted by Gasteiger charge is -2.35. The zero-order chi connectivity index (χ0) is 12.3. The summed E-state index contributed by atoms with van der Waals surface area (Å²) in [6.45, 7) is 1.55. The van der Waals surface area contributed by atoms with Crippen molar-refractivity contribution in [3.8, 4) is 0 Å². The number of carbonyl (C=O) groups is 2. The van der Waals surface area contributed by atoms with Crippen molar-refractivity contribution >= 4 is 11.8 Å². The average Bonchev–Trinajstić information content (AvgIpc) is 3.13. The van der Waals surface area contributed by atoms with E-state index >= 15 is 0 Å². The van der Waals surface area contributed by atoms with E-state index < -0.39 is 0 Å². The monoisotopic (exact) mass is 240 g/mol. The Labute approximate surface area is 101 Å². The number of piperazine rings is 1. The molecule has 1 saturated heterocycles. The van der Waals surface area contributed by atoms with Gasteiger partial charge in [0, 0.05) is 20.3 Å². The summed E-state index contributed by atoms with van der Waals surface area (Å²) in [6, 6.07) is -0.209. The zero-order valence-electron chi connectivity index (χ0n) is 10.3. The van der Waals surface area contributed by atoms with Crippen molar-refractivity contribution in [1.82, 2.24) is 10.2 Å². The van der Waals surface area contributed by atoms with Crippen LogP contribution < -0.4 is 5.32 Å². The van der Waals surface area contributed by atoms with Gasteiger partial charge in [-0.25, -0.2) is 0 Å². The summed E-state index contributed by atoms with van der Waals surface area (Å²) in [5.74, 6) is 0.472. The van der Waals surface area contributed by atoms with E-state index in [0.29, 0.717) is 19.1 Å². The van der Waals surface area contributed by atoms with E-state index in [-0.39, 0.29) is 24.4 Å². The molecule has 1 N–H and O–H groups in total. The molecule has 2 amide bonds. The quantitative estimate of drug-likeness (QED) is 0.672. The van der Waals surface area contributed by atoms with Crippen LogP contribution >= 0.6 is 0 Å². The number of ether oxygens (including phenoxy) is 1. The van der Waals surface area contributed by atoms with E-state index in [1.54, 1.807) is 12.0 Å². The van der Waals surface area contributed by atoms with E-state index in [1.807, 2.05) is 0 Å². The van der Waals surface area contributed by atoms with Gasteiger partial charge in [0.05, 0.1) is 6.54 Å². The van der Waals surface area contributed by atoms with Gasteiger partial charge in [-0.3, -0.25) is 9.59 Å². The zero-order valence-corrected chi connectivity index (χ0v) is 10.3. The maximum Gasteiger partial charge on any atom is 0.243 e. The minimum atomic E-state index is -0.209. The smallest absolute Gasteiger partial charge is 0.243 e. The lowest BCUT2D eigenvalue weighted by molar-refractivity contribution is -0.146. The Morgan fingerprint density at radius 2 is 2.12 bits per heavy atom. The molecule has 2 rings (SSSR count). The number of amides is 2. The van der Waals surface area contributed by atoms with Crippen LogP contribution in [0.4, 0.5) is 0 Å². The number of hydrogen-bond acceptors (Lipinski definition) is 3. The normalized spacial score (nSPS) is 25.0. The van der Waals surface area contributed by atoms with Crippen LogP contribution in [-0.2, 0) is 14.3 Å². The first-order valence-corrected chi connectivity index (χ1v) is 6.30. The fourth-order valence-electron chi connectivity index (χ4n) is 2.34. The third kappa shape index (κ3) is 2.97. The maximum absolute atomic E-state index is 11.8. The number of methoxy groups -OCH3 is 1. The molecular weight excluding hydrogens is 220 g/mol. The first-order valence-electron chi connectivity index (χ1n) is 6.30. The van der Waals surface area contributed by atoms with Crippen LogP contribution in [0.5, 0.6) is 0 Å². The molecular formula is C12H20N2O3. The highest BCUT2D eigenvalue weighted by Gasteiger charge is 2.44. The minimum absolute atomic E-state index is 0.0267. The molecule has 1 saturated carbocycles. The lowest BCUT2D eigenvalue weighted by Crippen LogP contribution is -2.59. The molecule has 0 aromatic carbocycles. The molecule has 5 heteroatoms. The average molecular weight is 240 g/mol.